The highest BCUT2D eigenvalue weighted by Gasteiger charge is 2.35. The molecule has 0 aliphatic carbocycles. The predicted octanol–water partition coefficient (Wildman–Crippen LogP) is 3.52. The van der Waals surface area contributed by atoms with Crippen LogP contribution in [0.1, 0.15) is 39.2 Å². The highest BCUT2D eigenvalue weighted by Crippen LogP contribution is 2.39. The van der Waals surface area contributed by atoms with Gasteiger partial charge in [-0.3, -0.25) is 4.90 Å². The van der Waals surface area contributed by atoms with E-state index in [4.69, 9.17) is 14.1 Å². The van der Waals surface area contributed by atoms with Gasteiger partial charge in [-0.1, -0.05) is 18.2 Å². The molecule has 1 atom stereocenters. The van der Waals surface area contributed by atoms with Crippen LogP contribution < -0.4 is 0 Å². The number of ether oxygens (including phenoxy) is 2. The van der Waals surface area contributed by atoms with E-state index in [0.29, 0.717) is 28.0 Å². The Hall–Kier alpha value is -3.16. The van der Waals surface area contributed by atoms with Crippen LogP contribution in [-0.2, 0) is 14.3 Å². The minimum absolute atomic E-state index is 0.222. The van der Waals surface area contributed by atoms with Crippen LogP contribution in [0, 0.1) is 0 Å². The first-order chi connectivity index (χ1) is 13.0. The van der Waals surface area contributed by atoms with Crippen LogP contribution in [0.4, 0.5) is 4.79 Å². The summed E-state index contributed by atoms with van der Waals surface area (Å²) in [4.78, 5) is 26.5. The molecule has 1 aromatic heterocycles. The summed E-state index contributed by atoms with van der Waals surface area (Å²) in [6.45, 7) is 7.41. The fourth-order valence-corrected chi connectivity index (χ4v) is 3.28. The molecule has 0 saturated carbocycles. The van der Waals surface area contributed by atoms with Gasteiger partial charge in [-0.2, -0.15) is 0 Å². The van der Waals surface area contributed by atoms with Crippen molar-refractivity contribution in [2.45, 2.75) is 33.6 Å². The molecule has 0 saturated heterocycles. The zero-order valence-corrected chi connectivity index (χ0v) is 15.7. The number of carbonyl (C=O) groups excluding carboxylic acids is 2. The third-order valence-electron chi connectivity index (χ3n) is 4.39. The third kappa shape index (κ3) is 3.30. The number of hydrogen-bond donors (Lipinski definition) is 0. The maximum atomic E-state index is 12.8. The second kappa shape index (κ2) is 7.61. The van der Waals surface area contributed by atoms with Crippen LogP contribution in [0.3, 0.4) is 0 Å². The smallest absolute Gasteiger partial charge is 0.418 e. The Labute approximate surface area is 156 Å². The van der Waals surface area contributed by atoms with Crippen molar-refractivity contribution in [3.63, 3.8) is 0 Å². The quantitative estimate of drug-likeness (QED) is 0.759. The minimum Gasteiger partial charge on any atom is -0.463 e. The number of fused-ring (bicyclic) bond motifs is 1. The molecule has 1 aliphatic rings. The monoisotopic (exact) mass is 371 g/mol. The Morgan fingerprint density at radius 3 is 2.59 bits per heavy atom. The summed E-state index contributed by atoms with van der Waals surface area (Å²) in [6.07, 6.45) is 1.28. The lowest BCUT2D eigenvalue weighted by molar-refractivity contribution is -0.138. The lowest BCUT2D eigenvalue weighted by Gasteiger charge is -2.32. The highest BCUT2D eigenvalue weighted by molar-refractivity contribution is 5.95. The molecular formula is C19H21N3O5. The fourth-order valence-electron chi connectivity index (χ4n) is 3.28. The van der Waals surface area contributed by atoms with E-state index in [-0.39, 0.29) is 13.2 Å². The Morgan fingerprint density at radius 1 is 1.15 bits per heavy atom. The first-order valence-electron chi connectivity index (χ1n) is 8.73. The first kappa shape index (κ1) is 18.6. The van der Waals surface area contributed by atoms with Gasteiger partial charge in [0, 0.05) is 17.3 Å². The maximum Gasteiger partial charge on any atom is 0.418 e. The molecule has 0 bridgehead atoms. The van der Waals surface area contributed by atoms with Crippen molar-refractivity contribution in [3.05, 3.63) is 46.8 Å². The predicted molar refractivity (Wildman–Crippen MR) is 96.5 cm³/mol. The molecule has 0 fully saturated rings. The summed E-state index contributed by atoms with van der Waals surface area (Å²) >= 11 is 0. The zero-order chi connectivity index (χ0) is 19.6. The highest BCUT2D eigenvalue weighted by atomic mass is 16.6. The van der Waals surface area contributed by atoms with Gasteiger partial charge in [0.05, 0.1) is 18.8 Å². The molecule has 0 spiro atoms. The van der Waals surface area contributed by atoms with E-state index in [1.165, 1.54) is 4.90 Å². The molecular weight excluding hydrogens is 350 g/mol. The van der Waals surface area contributed by atoms with Gasteiger partial charge < -0.3 is 9.47 Å². The molecule has 1 unspecified atom stereocenters. The van der Waals surface area contributed by atoms with Crippen LogP contribution in [0.15, 0.2) is 45.9 Å². The van der Waals surface area contributed by atoms with E-state index in [0.717, 1.165) is 5.56 Å². The van der Waals surface area contributed by atoms with Crippen molar-refractivity contribution < 1.29 is 23.7 Å². The minimum atomic E-state index is -0.537. The van der Waals surface area contributed by atoms with Gasteiger partial charge in [0.25, 0.3) is 0 Å². The van der Waals surface area contributed by atoms with Crippen molar-refractivity contribution in [2.75, 3.05) is 13.2 Å². The van der Waals surface area contributed by atoms with Gasteiger partial charge in [0.1, 0.15) is 11.0 Å². The number of esters is 1. The van der Waals surface area contributed by atoms with Crippen LogP contribution in [0.5, 0.6) is 0 Å². The van der Waals surface area contributed by atoms with E-state index in [1.807, 2.05) is 18.2 Å². The molecule has 3 rings (SSSR count). The Kier molecular flexibility index (Phi) is 5.25. The van der Waals surface area contributed by atoms with Crippen LogP contribution >= 0.6 is 0 Å². The van der Waals surface area contributed by atoms with Crippen molar-refractivity contribution in [3.8, 4) is 0 Å². The summed E-state index contributed by atoms with van der Waals surface area (Å²) in [7, 11) is 0. The lowest BCUT2D eigenvalue weighted by Crippen LogP contribution is -2.34. The molecule has 1 amide bonds. The fraction of sp³-hybridized carbons (Fsp3) is 0.368. The van der Waals surface area contributed by atoms with Gasteiger partial charge in [-0.05, 0) is 49.6 Å². The van der Waals surface area contributed by atoms with Crippen LogP contribution in [0.2, 0.25) is 0 Å². The number of nitrogens with zero attached hydrogens (tertiary/aromatic N) is 3. The van der Waals surface area contributed by atoms with Crippen LogP contribution in [-0.4, -0.2) is 40.5 Å². The Balaban J connectivity index is 2.16. The SMILES string of the molecule is CCOC(=O)C1=C(C)N(C(=O)OCC)C(C)=CC1c1cccc2nonc12. The second-order valence-electron chi connectivity index (χ2n) is 6.02. The number of aromatic nitrogens is 2. The number of carbonyl (C=O) groups is 2. The Bertz CT molecular complexity index is 944. The normalized spacial score (nSPS) is 17.1. The summed E-state index contributed by atoms with van der Waals surface area (Å²) in [5.74, 6) is -0.947. The van der Waals surface area contributed by atoms with Crippen molar-refractivity contribution in [1.82, 2.24) is 15.2 Å². The first-order valence-corrected chi connectivity index (χ1v) is 8.73. The van der Waals surface area contributed by atoms with Crippen molar-refractivity contribution in [1.29, 1.82) is 0 Å². The molecule has 2 heterocycles. The summed E-state index contributed by atoms with van der Waals surface area (Å²) < 4.78 is 15.2. The topological polar surface area (TPSA) is 94.8 Å². The second-order valence-corrected chi connectivity index (χ2v) is 6.02. The number of amides is 1. The Morgan fingerprint density at radius 2 is 1.89 bits per heavy atom. The molecule has 2 aromatic rings. The van der Waals surface area contributed by atoms with E-state index >= 15 is 0 Å². The molecule has 142 valence electrons. The average Bonchev–Trinajstić information content (AvgIpc) is 3.10. The van der Waals surface area contributed by atoms with Gasteiger partial charge in [0.15, 0.2) is 0 Å². The largest absolute Gasteiger partial charge is 0.463 e. The van der Waals surface area contributed by atoms with Crippen molar-refractivity contribution in [2.24, 2.45) is 0 Å². The van der Waals surface area contributed by atoms with Gasteiger partial charge in [0.2, 0.25) is 0 Å². The van der Waals surface area contributed by atoms with Crippen LogP contribution in [0.25, 0.3) is 11.0 Å². The number of rotatable bonds is 4. The summed E-state index contributed by atoms with van der Waals surface area (Å²) in [6, 6.07) is 5.45. The van der Waals surface area contributed by atoms with Gasteiger partial charge in [-0.25, -0.2) is 14.2 Å². The molecule has 1 aromatic carbocycles. The van der Waals surface area contributed by atoms with E-state index in [2.05, 4.69) is 10.3 Å². The molecule has 0 N–H and O–H groups in total. The number of hydrogen-bond acceptors (Lipinski definition) is 7. The summed E-state index contributed by atoms with van der Waals surface area (Å²) in [5.41, 5.74) is 3.37. The average molecular weight is 371 g/mol. The third-order valence-corrected chi connectivity index (χ3v) is 4.39. The lowest BCUT2D eigenvalue weighted by atomic mass is 9.85. The zero-order valence-electron chi connectivity index (χ0n) is 15.7. The molecule has 8 nitrogen and oxygen atoms in total. The van der Waals surface area contributed by atoms with Gasteiger partial charge >= 0.3 is 12.1 Å². The molecule has 1 aliphatic heterocycles. The van der Waals surface area contributed by atoms with E-state index < -0.39 is 18.0 Å². The number of allylic oxidation sites excluding steroid dienone is 3. The van der Waals surface area contributed by atoms with Gasteiger partial charge in [-0.15, -0.1) is 0 Å². The maximum absolute atomic E-state index is 12.8. The molecule has 0 radical (unpaired) electrons. The number of benzene rings is 1. The van der Waals surface area contributed by atoms with E-state index in [9.17, 15) is 9.59 Å². The molecule has 8 heteroatoms. The standard InChI is InChI=1S/C19H21N3O5/c1-5-25-18(23)16-12(4)22(19(24)26-6-2)11(3)10-14(16)13-8-7-9-15-17(13)21-27-20-15/h7-10,14H,5-6H2,1-4H3. The van der Waals surface area contributed by atoms with Crippen molar-refractivity contribution >= 4 is 23.1 Å². The summed E-state index contributed by atoms with van der Waals surface area (Å²) in [5, 5.41) is 7.83. The molecule has 27 heavy (non-hydrogen) atoms. The van der Waals surface area contributed by atoms with E-state index in [1.54, 1.807) is 33.8 Å².